The van der Waals surface area contributed by atoms with Crippen molar-refractivity contribution >= 4 is 17.4 Å². The molecule has 0 aliphatic carbocycles. The molecule has 1 aromatic rings. The quantitative estimate of drug-likeness (QED) is 0.483. The standard InChI is InChI=1S/C8H9ClNO/c1-7(11)6-10-5-3-2-4-8(10)9/h2-5H,6H2,1H3/q+1. The molecule has 1 rings (SSSR count). The van der Waals surface area contributed by atoms with Crippen molar-refractivity contribution in [3.05, 3.63) is 29.5 Å². The zero-order chi connectivity index (χ0) is 8.27. The summed E-state index contributed by atoms with van der Waals surface area (Å²) in [7, 11) is 0. The summed E-state index contributed by atoms with van der Waals surface area (Å²) in [4.78, 5) is 10.7. The van der Waals surface area contributed by atoms with Gasteiger partial charge in [0.05, 0.1) is 0 Å². The molecule has 0 saturated carbocycles. The van der Waals surface area contributed by atoms with Gasteiger partial charge in [0.25, 0.3) is 5.15 Å². The smallest absolute Gasteiger partial charge is 0.275 e. The summed E-state index contributed by atoms with van der Waals surface area (Å²) in [6.45, 7) is 1.88. The third-order valence-corrected chi connectivity index (χ3v) is 1.62. The highest BCUT2D eigenvalue weighted by Gasteiger charge is 2.07. The first-order valence-corrected chi connectivity index (χ1v) is 3.71. The van der Waals surface area contributed by atoms with Gasteiger partial charge in [-0.15, -0.1) is 0 Å². The van der Waals surface area contributed by atoms with Gasteiger partial charge in [-0.1, -0.05) is 0 Å². The lowest BCUT2D eigenvalue weighted by Gasteiger charge is -1.93. The monoisotopic (exact) mass is 170 g/mol. The summed E-state index contributed by atoms with van der Waals surface area (Å²) in [6.07, 6.45) is 1.78. The molecule has 0 unspecified atom stereocenters. The zero-order valence-corrected chi connectivity index (χ0v) is 7.01. The Kier molecular flexibility index (Phi) is 2.60. The molecule has 3 heteroatoms. The molecule has 0 aliphatic rings. The van der Waals surface area contributed by atoms with E-state index >= 15 is 0 Å². The predicted molar refractivity (Wildman–Crippen MR) is 42.3 cm³/mol. The van der Waals surface area contributed by atoms with Crippen LogP contribution in [0.2, 0.25) is 5.15 Å². The molecule has 0 aliphatic heterocycles. The Bertz CT molecular complexity index is 273. The molecule has 1 aromatic heterocycles. The van der Waals surface area contributed by atoms with Gasteiger partial charge < -0.3 is 0 Å². The first-order chi connectivity index (χ1) is 5.20. The Morgan fingerprint density at radius 2 is 2.36 bits per heavy atom. The molecular weight excluding hydrogens is 162 g/mol. The molecule has 0 N–H and O–H groups in total. The van der Waals surface area contributed by atoms with Gasteiger partial charge in [-0.3, -0.25) is 4.79 Å². The number of Topliss-reactive ketones (excluding diaryl/α,β-unsaturated/α-hetero) is 1. The van der Waals surface area contributed by atoms with Crippen molar-refractivity contribution in [3.63, 3.8) is 0 Å². The van der Waals surface area contributed by atoms with Crippen molar-refractivity contribution in [3.8, 4) is 0 Å². The summed E-state index contributed by atoms with van der Waals surface area (Å²) < 4.78 is 1.70. The Labute approximate surface area is 70.4 Å². The second-order valence-corrected chi connectivity index (χ2v) is 2.74. The molecule has 0 aromatic carbocycles. The first kappa shape index (κ1) is 8.21. The van der Waals surface area contributed by atoms with Crippen molar-refractivity contribution in [1.82, 2.24) is 0 Å². The van der Waals surface area contributed by atoms with Crippen LogP contribution >= 0.6 is 11.6 Å². The number of carbonyl (C=O) groups is 1. The van der Waals surface area contributed by atoms with E-state index in [2.05, 4.69) is 0 Å². The fourth-order valence-corrected chi connectivity index (χ4v) is 1.01. The lowest BCUT2D eigenvalue weighted by molar-refractivity contribution is -0.682. The molecule has 58 valence electrons. The minimum absolute atomic E-state index is 0.100. The number of pyridine rings is 1. The molecule has 0 saturated heterocycles. The fraction of sp³-hybridized carbons (Fsp3) is 0.250. The van der Waals surface area contributed by atoms with Crippen LogP contribution in [-0.2, 0) is 11.3 Å². The van der Waals surface area contributed by atoms with E-state index in [0.717, 1.165) is 0 Å². The van der Waals surface area contributed by atoms with Crippen LogP contribution < -0.4 is 4.57 Å². The van der Waals surface area contributed by atoms with Crippen LogP contribution in [0.1, 0.15) is 6.92 Å². The van der Waals surface area contributed by atoms with Crippen LogP contribution in [0.4, 0.5) is 0 Å². The summed E-state index contributed by atoms with van der Waals surface area (Å²) in [5.41, 5.74) is 0. The Hall–Kier alpha value is -0.890. The van der Waals surface area contributed by atoms with Gasteiger partial charge in [0.15, 0.2) is 12.0 Å². The summed E-state index contributed by atoms with van der Waals surface area (Å²) in [5, 5.41) is 0.586. The van der Waals surface area contributed by atoms with E-state index in [-0.39, 0.29) is 5.78 Å². The molecule has 0 spiro atoms. The maximum absolute atomic E-state index is 10.7. The van der Waals surface area contributed by atoms with Gasteiger partial charge in [-0.2, -0.15) is 4.57 Å². The zero-order valence-electron chi connectivity index (χ0n) is 6.25. The van der Waals surface area contributed by atoms with Gasteiger partial charge in [0.2, 0.25) is 6.54 Å². The molecule has 0 bridgehead atoms. The molecule has 1 heterocycles. The number of carbonyl (C=O) groups excluding carboxylic acids is 1. The number of rotatable bonds is 2. The lowest BCUT2D eigenvalue weighted by Crippen LogP contribution is -2.37. The molecule has 0 radical (unpaired) electrons. The maximum atomic E-state index is 10.7. The van der Waals surface area contributed by atoms with E-state index < -0.39 is 0 Å². The second kappa shape index (κ2) is 3.49. The minimum Gasteiger partial charge on any atom is -0.293 e. The van der Waals surface area contributed by atoms with Crippen LogP contribution in [0.15, 0.2) is 24.4 Å². The van der Waals surface area contributed by atoms with Crippen molar-refractivity contribution in [2.45, 2.75) is 13.5 Å². The molecule has 0 atom stereocenters. The second-order valence-electron chi connectivity index (χ2n) is 2.35. The third kappa shape index (κ3) is 2.31. The Morgan fingerprint density at radius 3 is 2.91 bits per heavy atom. The normalized spacial score (nSPS) is 9.64. The molecule has 11 heavy (non-hydrogen) atoms. The van der Waals surface area contributed by atoms with Gasteiger partial charge in [-0.05, 0) is 17.7 Å². The van der Waals surface area contributed by atoms with E-state index in [9.17, 15) is 4.79 Å². The summed E-state index contributed by atoms with van der Waals surface area (Å²) in [6, 6.07) is 5.43. The van der Waals surface area contributed by atoms with Crippen LogP contribution in [0.5, 0.6) is 0 Å². The van der Waals surface area contributed by atoms with Crippen LogP contribution in [-0.4, -0.2) is 5.78 Å². The lowest BCUT2D eigenvalue weighted by atomic mass is 10.4. The highest BCUT2D eigenvalue weighted by atomic mass is 35.5. The van der Waals surface area contributed by atoms with E-state index in [0.29, 0.717) is 11.7 Å². The average Bonchev–Trinajstić information content (AvgIpc) is 1.93. The fourth-order valence-electron chi connectivity index (χ4n) is 0.824. The van der Waals surface area contributed by atoms with Crippen LogP contribution in [0.3, 0.4) is 0 Å². The largest absolute Gasteiger partial charge is 0.293 e. The van der Waals surface area contributed by atoms with E-state index in [1.165, 1.54) is 6.92 Å². The average molecular weight is 171 g/mol. The van der Waals surface area contributed by atoms with Gasteiger partial charge in [-0.25, -0.2) is 0 Å². The van der Waals surface area contributed by atoms with Crippen LogP contribution in [0, 0.1) is 0 Å². The topological polar surface area (TPSA) is 20.9 Å². The summed E-state index contributed by atoms with van der Waals surface area (Å²) >= 11 is 5.78. The van der Waals surface area contributed by atoms with Gasteiger partial charge in [0.1, 0.15) is 0 Å². The molecule has 0 fully saturated rings. The number of nitrogens with zero attached hydrogens (tertiary/aromatic N) is 1. The highest BCUT2D eigenvalue weighted by Crippen LogP contribution is 1.97. The molecule has 0 amide bonds. The van der Waals surface area contributed by atoms with Gasteiger partial charge in [0, 0.05) is 19.1 Å². The first-order valence-electron chi connectivity index (χ1n) is 3.33. The third-order valence-electron chi connectivity index (χ3n) is 1.28. The van der Waals surface area contributed by atoms with Crippen molar-refractivity contribution in [1.29, 1.82) is 0 Å². The Balaban J connectivity index is 2.86. The SMILES string of the molecule is CC(=O)C[n+]1ccccc1Cl. The van der Waals surface area contributed by atoms with E-state index in [1.807, 2.05) is 12.1 Å². The van der Waals surface area contributed by atoms with Crippen molar-refractivity contribution in [2.24, 2.45) is 0 Å². The van der Waals surface area contributed by atoms with E-state index in [1.54, 1.807) is 16.8 Å². The van der Waals surface area contributed by atoms with Crippen molar-refractivity contribution < 1.29 is 9.36 Å². The van der Waals surface area contributed by atoms with Crippen molar-refractivity contribution in [2.75, 3.05) is 0 Å². The summed E-state index contributed by atoms with van der Waals surface area (Å²) in [5.74, 6) is 0.100. The number of hydrogen-bond acceptors (Lipinski definition) is 1. The number of ketones is 1. The van der Waals surface area contributed by atoms with Crippen LogP contribution in [0.25, 0.3) is 0 Å². The van der Waals surface area contributed by atoms with Gasteiger partial charge >= 0.3 is 0 Å². The van der Waals surface area contributed by atoms with E-state index in [4.69, 9.17) is 11.6 Å². The number of hydrogen-bond donors (Lipinski definition) is 0. The maximum Gasteiger partial charge on any atom is 0.275 e. The molecule has 2 nitrogen and oxygen atoms in total. The number of halogens is 1. The Morgan fingerprint density at radius 1 is 1.64 bits per heavy atom. The highest BCUT2D eigenvalue weighted by molar-refractivity contribution is 6.28. The molecular formula is C8H9ClNO+. The minimum atomic E-state index is 0.100. The number of aromatic nitrogens is 1. The predicted octanol–water partition coefficient (Wildman–Crippen LogP) is 1.22.